The molecule has 3 unspecified atom stereocenters. The van der Waals surface area contributed by atoms with Crippen LogP contribution in [-0.4, -0.2) is 33.6 Å². The summed E-state index contributed by atoms with van der Waals surface area (Å²) in [6.07, 6.45) is 1.30. The molecule has 2 aromatic carbocycles. The third kappa shape index (κ3) is 3.76. The third-order valence-corrected chi connectivity index (χ3v) is 8.07. The van der Waals surface area contributed by atoms with E-state index in [1.54, 1.807) is 0 Å². The summed E-state index contributed by atoms with van der Waals surface area (Å²) in [6, 6.07) is 12.0. The number of fused-ring (bicyclic) bond motifs is 2. The van der Waals surface area contributed by atoms with E-state index in [0.717, 1.165) is 16.5 Å². The number of anilines is 1. The molecule has 1 heterocycles. The van der Waals surface area contributed by atoms with Gasteiger partial charge in [-0.3, -0.25) is 29.4 Å². The molecule has 1 aliphatic heterocycles. The van der Waals surface area contributed by atoms with Gasteiger partial charge in [0.15, 0.2) is 0 Å². The SMILES string of the molecule is CC12CCC(C(=O)N(C(Cc3ccccc3)C(=O)Nc3ccc(Cl)c([N+](=O)[O-])c3)C1=O)C2(C)C. The number of nitro benzene ring substituents is 1. The van der Waals surface area contributed by atoms with E-state index in [1.165, 1.54) is 12.1 Å². The van der Waals surface area contributed by atoms with E-state index in [9.17, 15) is 24.5 Å². The number of nitrogens with zero attached hydrogens (tertiary/aromatic N) is 2. The van der Waals surface area contributed by atoms with Crippen LogP contribution < -0.4 is 5.32 Å². The molecule has 34 heavy (non-hydrogen) atoms. The van der Waals surface area contributed by atoms with Crippen molar-refractivity contribution in [1.82, 2.24) is 4.90 Å². The minimum atomic E-state index is -1.10. The normalized spacial score (nSPS) is 24.1. The van der Waals surface area contributed by atoms with Crippen LogP contribution in [0.4, 0.5) is 11.4 Å². The minimum absolute atomic E-state index is 0.0584. The summed E-state index contributed by atoms with van der Waals surface area (Å²) in [5.74, 6) is -1.65. The zero-order chi connectivity index (χ0) is 24.8. The van der Waals surface area contributed by atoms with E-state index in [1.807, 2.05) is 51.1 Å². The Hall–Kier alpha value is -3.26. The fraction of sp³-hybridized carbons (Fsp3) is 0.400. The summed E-state index contributed by atoms with van der Waals surface area (Å²) in [4.78, 5) is 52.5. The number of likely N-dealkylation sites (tertiary alicyclic amines) is 1. The molecule has 1 aliphatic carbocycles. The first-order chi connectivity index (χ1) is 16.0. The molecule has 3 atom stereocenters. The Labute approximate surface area is 202 Å². The molecule has 2 bridgehead atoms. The highest BCUT2D eigenvalue weighted by Gasteiger charge is 2.65. The van der Waals surface area contributed by atoms with Gasteiger partial charge in [-0.05, 0) is 36.0 Å². The van der Waals surface area contributed by atoms with Crippen LogP contribution in [0, 0.1) is 26.9 Å². The highest BCUT2D eigenvalue weighted by atomic mass is 35.5. The summed E-state index contributed by atoms with van der Waals surface area (Å²) in [5, 5.41) is 13.9. The number of halogens is 1. The van der Waals surface area contributed by atoms with Crippen molar-refractivity contribution in [2.75, 3.05) is 5.32 Å². The standard InChI is InChI=1S/C25H26ClN3O5/c1-24(2)17-11-12-25(24,3)23(32)28(22(17)31)20(13-15-7-5-4-6-8-15)21(30)27-16-9-10-18(26)19(14-16)29(33)34/h4-10,14,17,20H,11-13H2,1-3H3,(H,27,30). The molecule has 8 nitrogen and oxygen atoms in total. The van der Waals surface area contributed by atoms with Gasteiger partial charge in [0.05, 0.1) is 10.3 Å². The van der Waals surface area contributed by atoms with Crippen molar-refractivity contribution in [3.63, 3.8) is 0 Å². The Bertz CT molecular complexity index is 1180. The average Bonchev–Trinajstić information content (AvgIpc) is 2.97. The molecule has 0 aromatic heterocycles. The molecule has 0 spiro atoms. The maximum atomic E-state index is 13.7. The van der Waals surface area contributed by atoms with Crippen LogP contribution >= 0.6 is 11.6 Å². The first-order valence-corrected chi connectivity index (χ1v) is 11.5. The predicted molar refractivity (Wildman–Crippen MR) is 127 cm³/mol. The molecule has 1 saturated heterocycles. The van der Waals surface area contributed by atoms with Crippen molar-refractivity contribution in [1.29, 1.82) is 0 Å². The van der Waals surface area contributed by atoms with Gasteiger partial charge in [-0.2, -0.15) is 0 Å². The molecule has 178 valence electrons. The average molecular weight is 484 g/mol. The number of carbonyl (C=O) groups excluding carboxylic acids is 3. The Morgan fingerprint density at radius 3 is 2.53 bits per heavy atom. The van der Waals surface area contributed by atoms with Gasteiger partial charge >= 0.3 is 0 Å². The molecule has 0 radical (unpaired) electrons. The van der Waals surface area contributed by atoms with Gasteiger partial charge < -0.3 is 5.32 Å². The second kappa shape index (κ2) is 8.51. The maximum absolute atomic E-state index is 13.7. The van der Waals surface area contributed by atoms with Gasteiger partial charge in [-0.25, -0.2) is 0 Å². The number of piperidine rings is 1. The summed E-state index contributed by atoms with van der Waals surface area (Å²) < 4.78 is 0. The quantitative estimate of drug-likeness (QED) is 0.366. The molecule has 4 rings (SSSR count). The lowest BCUT2D eigenvalue weighted by molar-refractivity contribution is -0.384. The number of carbonyl (C=O) groups is 3. The molecular weight excluding hydrogens is 458 g/mol. The van der Waals surface area contributed by atoms with Gasteiger partial charge in [0.2, 0.25) is 17.7 Å². The van der Waals surface area contributed by atoms with Crippen LogP contribution in [0.15, 0.2) is 48.5 Å². The number of imide groups is 1. The topological polar surface area (TPSA) is 110 Å². The number of nitrogens with one attached hydrogen (secondary N) is 1. The van der Waals surface area contributed by atoms with Gasteiger partial charge in [0.25, 0.3) is 5.69 Å². The van der Waals surface area contributed by atoms with Crippen molar-refractivity contribution in [2.24, 2.45) is 16.7 Å². The highest BCUT2D eigenvalue weighted by molar-refractivity contribution is 6.32. The number of hydrogen-bond acceptors (Lipinski definition) is 5. The summed E-state index contributed by atoms with van der Waals surface area (Å²) >= 11 is 5.89. The Balaban J connectivity index is 1.71. The van der Waals surface area contributed by atoms with Gasteiger partial charge in [-0.1, -0.05) is 62.7 Å². The lowest BCUT2D eigenvalue weighted by Crippen LogP contribution is -2.64. The van der Waals surface area contributed by atoms with Crippen LogP contribution in [-0.2, 0) is 20.8 Å². The maximum Gasteiger partial charge on any atom is 0.289 e. The summed E-state index contributed by atoms with van der Waals surface area (Å²) in [7, 11) is 0. The first kappa shape index (κ1) is 23.9. The fourth-order valence-electron chi connectivity index (χ4n) is 5.24. The smallest absolute Gasteiger partial charge is 0.289 e. The van der Waals surface area contributed by atoms with Crippen LogP contribution in [0.5, 0.6) is 0 Å². The minimum Gasteiger partial charge on any atom is -0.324 e. The highest BCUT2D eigenvalue weighted by Crippen LogP contribution is 2.60. The Morgan fingerprint density at radius 1 is 1.21 bits per heavy atom. The van der Waals surface area contributed by atoms with E-state index in [-0.39, 0.29) is 40.6 Å². The molecular formula is C25H26ClN3O5. The fourth-order valence-corrected chi connectivity index (χ4v) is 5.43. The molecule has 2 fully saturated rings. The lowest BCUT2D eigenvalue weighted by atomic mass is 9.62. The van der Waals surface area contributed by atoms with Gasteiger partial charge in [-0.15, -0.1) is 0 Å². The molecule has 2 aromatic rings. The van der Waals surface area contributed by atoms with Crippen molar-refractivity contribution >= 4 is 40.7 Å². The molecule has 1 N–H and O–H groups in total. The van der Waals surface area contributed by atoms with Crippen molar-refractivity contribution in [2.45, 2.75) is 46.1 Å². The van der Waals surface area contributed by atoms with E-state index in [4.69, 9.17) is 11.6 Å². The largest absolute Gasteiger partial charge is 0.324 e. The predicted octanol–water partition coefficient (Wildman–Crippen LogP) is 4.61. The lowest BCUT2D eigenvalue weighted by Gasteiger charge is -2.49. The zero-order valence-corrected chi connectivity index (χ0v) is 20.0. The second-order valence-corrected chi connectivity index (χ2v) is 10.2. The Kier molecular flexibility index (Phi) is 5.97. The van der Waals surface area contributed by atoms with Crippen LogP contribution in [0.1, 0.15) is 39.2 Å². The molecule has 3 amide bonds. The van der Waals surface area contributed by atoms with Crippen LogP contribution in [0.2, 0.25) is 5.02 Å². The van der Waals surface area contributed by atoms with Crippen LogP contribution in [0.25, 0.3) is 0 Å². The van der Waals surface area contributed by atoms with E-state index >= 15 is 0 Å². The van der Waals surface area contributed by atoms with Gasteiger partial charge in [0, 0.05) is 24.1 Å². The van der Waals surface area contributed by atoms with Crippen molar-refractivity contribution < 1.29 is 19.3 Å². The molecule has 9 heteroatoms. The van der Waals surface area contributed by atoms with E-state index in [0.29, 0.717) is 12.8 Å². The van der Waals surface area contributed by atoms with Crippen LogP contribution in [0.3, 0.4) is 0 Å². The third-order valence-electron chi connectivity index (χ3n) is 7.75. The summed E-state index contributed by atoms with van der Waals surface area (Å²) in [6.45, 7) is 5.75. The van der Waals surface area contributed by atoms with Crippen molar-refractivity contribution in [3.05, 3.63) is 69.2 Å². The van der Waals surface area contributed by atoms with Gasteiger partial charge in [0.1, 0.15) is 11.1 Å². The number of amides is 3. The molecule has 2 aliphatic rings. The number of benzene rings is 2. The zero-order valence-electron chi connectivity index (χ0n) is 19.2. The Morgan fingerprint density at radius 2 is 1.88 bits per heavy atom. The van der Waals surface area contributed by atoms with Crippen molar-refractivity contribution in [3.8, 4) is 0 Å². The summed E-state index contributed by atoms with van der Waals surface area (Å²) in [5.41, 5.74) is -0.683. The van der Waals surface area contributed by atoms with E-state index in [2.05, 4.69) is 5.32 Å². The number of nitro groups is 1. The first-order valence-electron chi connectivity index (χ1n) is 11.1. The number of hydrogen-bond donors (Lipinski definition) is 1. The monoisotopic (exact) mass is 483 g/mol. The number of rotatable bonds is 6. The second-order valence-electron chi connectivity index (χ2n) is 9.78. The molecule has 1 saturated carbocycles. The van der Waals surface area contributed by atoms with E-state index < -0.39 is 27.7 Å².